The Bertz CT molecular complexity index is 1040. The molecule has 2 aromatic heterocycles. The van der Waals surface area contributed by atoms with Crippen LogP contribution in [0.15, 0.2) is 65.1 Å². The van der Waals surface area contributed by atoms with Crippen LogP contribution in [0.1, 0.15) is 20.9 Å². The molecule has 9 heteroatoms. The van der Waals surface area contributed by atoms with Crippen LogP contribution in [0.4, 0.5) is 20.8 Å². The minimum absolute atomic E-state index is 0.0978. The first kappa shape index (κ1) is 19.1. The van der Waals surface area contributed by atoms with Gasteiger partial charge in [-0.15, -0.1) is 11.3 Å². The molecule has 0 bridgehead atoms. The van der Waals surface area contributed by atoms with Crippen molar-refractivity contribution < 1.29 is 23.2 Å². The molecular formula is C19H14FN3O4S. The van der Waals surface area contributed by atoms with Crippen molar-refractivity contribution in [2.75, 3.05) is 16.0 Å². The Labute approximate surface area is 162 Å². The molecule has 3 rings (SSSR count). The summed E-state index contributed by atoms with van der Waals surface area (Å²) in [6.45, 7) is 3.30. The van der Waals surface area contributed by atoms with E-state index in [0.717, 1.165) is 12.1 Å². The van der Waals surface area contributed by atoms with E-state index in [1.807, 2.05) is 0 Å². The number of anilines is 3. The molecule has 7 nitrogen and oxygen atoms in total. The first-order valence-corrected chi connectivity index (χ1v) is 8.82. The van der Waals surface area contributed by atoms with Gasteiger partial charge >= 0.3 is 0 Å². The SMILES string of the molecule is C=CC(=O)Nc1cc(NC(=O)c2ccsc2NC(=O)c2ccco2)ccc1F. The lowest BCUT2D eigenvalue weighted by atomic mass is 10.2. The molecule has 0 saturated heterocycles. The number of carbonyl (C=O) groups is 3. The third kappa shape index (κ3) is 4.33. The van der Waals surface area contributed by atoms with Gasteiger partial charge in [-0.25, -0.2) is 4.39 Å². The Morgan fingerprint density at radius 1 is 1.07 bits per heavy atom. The number of hydrogen-bond donors (Lipinski definition) is 3. The zero-order valence-corrected chi connectivity index (χ0v) is 15.1. The molecule has 1 aromatic carbocycles. The van der Waals surface area contributed by atoms with Crippen molar-refractivity contribution >= 4 is 45.4 Å². The molecule has 0 spiro atoms. The van der Waals surface area contributed by atoms with Crippen molar-refractivity contribution in [2.24, 2.45) is 0 Å². The minimum Gasteiger partial charge on any atom is -0.459 e. The van der Waals surface area contributed by atoms with Crippen molar-refractivity contribution in [1.29, 1.82) is 0 Å². The number of nitrogens with one attached hydrogen (secondary N) is 3. The van der Waals surface area contributed by atoms with Crippen molar-refractivity contribution in [2.45, 2.75) is 0 Å². The van der Waals surface area contributed by atoms with Crippen LogP contribution in [-0.2, 0) is 4.79 Å². The molecule has 28 heavy (non-hydrogen) atoms. The van der Waals surface area contributed by atoms with Crippen LogP contribution < -0.4 is 16.0 Å². The summed E-state index contributed by atoms with van der Waals surface area (Å²) in [6.07, 6.45) is 2.37. The van der Waals surface area contributed by atoms with Gasteiger partial charge in [-0.05, 0) is 47.9 Å². The van der Waals surface area contributed by atoms with Gasteiger partial charge in [0.2, 0.25) is 5.91 Å². The van der Waals surface area contributed by atoms with E-state index in [-0.39, 0.29) is 22.7 Å². The predicted octanol–water partition coefficient (Wildman–Crippen LogP) is 4.11. The van der Waals surface area contributed by atoms with Gasteiger partial charge in [0.1, 0.15) is 10.8 Å². The largest absolute Gasteiger partial charge is 0.459 e. The molecule has 0 radical (unpaired) electrons. The molecule has 0 atom stereocenters. The second-order valence-electron chi connectivity index (χ2n) is 5.44. The van der Waals surface area contributed by atoms with Crippen LogP contribution >= 0.6 is 11.3 Å². The van der Waals surface area contributed by atoms with E-state index >= 15 is 0 Å². The maximum atomic E-state index is 13.8. The molecule has 3 N–H and O–H groups in total. The van der Waals surface area contributed by atoms with E-state index in [1.165, 1.54) is 35.8 Å². The summed E-state index contributed by atoms with van der Waals surface area (Å²) >= 11 is 1.17. The number of furan rings is 1. The second-order valence-corrected chi connectivity index (χ2v) is 6.35. The zero-order valence-electron chi connectivity index (χ0n) is 14.3. The number of amides is 3. The van der Waals surface area contributed by atoms with Crippen LogP contribution in [0, 0.1) is 5.82 Å². The normalized spacial score (nSPS) is 10.2. The van der Waals surface area contributed by atoms with E-state index < -0.39 is 23.5 Å². The highest BCUT2D eigenvalue weighted by atomic mass is 32.1. The van der Waals surface area contributed by atoms with Crippen LogP contribution in [0.3, 0.4) is 0 Å². The quantitative estimate of drug-likeness (QED) is 0.543. The summed E-state index contributed by atoms with van der Waals surface area (Å²) in [6, 6.07) is 8.37. The molecule has 0 aliphatic carbocycles. The molecule has 0 saturated carbocycles. The van der Waals surface area contributed by atoms with Crippen molar-refractivity contribution in [3.05, 3.63) is 77.8 Å². The number of rotatable bonds is 6. The first-order chi connectivity index (χ1) is 13.5. The predicted molar refractivity (Wildman–Crippen MR) is 104 cm³/mol. The topological polar surface area (TPSA) is 100 Å². The maximum absolute atomic E-state index is 13.8. The lowest BCUT2D eigenvalue weighted by molar-refractivity contribution is -0.111. The lowest BCUT2D eigenvalue weighted by Gasteiger charge is -2.10. The molecule has 2 heterocycles. The van der Waals surface area contributed by atoms with Gasteiger partial charge in [-0.2, -0.15) is 0 Å². The Hall–Kier alpha value is -3.72. The Balaban J connectivity index is 1.75. The number of thiophene rings is 1. The van der Waals surface area contributed by atoms with Crippen LogP contribution in [0.2, 0.25) is 0 Å². The Morgan fingerprint density at radius 3 is 2.61 bits per heavy atom. The lowest BCUT2D eigenvalue weighted by Crippen LogP contribution is -2.16. The summed E-state index contributed by atoms with van der Waals surface area (Å²) in [5.41, 5.74) is 0.394. The van der Waals surface area contributed by atoms with E-state index in [2.05, 4.69) is 22.5 Å². The van der Waals surface area contributed by atoms with Crippen LogP contribution in [0.25, 0.3) is 0 Å². The summed E-state index contributed by atoms with van der Waals surface area (Å²) < 4.78 is 18.8. The zero-order chi connectivity index (χ0) is 20.1. The fourth-order valence-corrected chi connectivity index (χ4v) is 3.02. The fourth-order valence-electron chi connectivity index (χ4n) is 2.24. The second kappa shape index (κ2) is 8.31. The van der Waals surface area contributed by atoms with Gasteiger partial charge < -0.3 is 20.4 Å². The molecule has 3 amide bonds. The molecule has 0 fully saturated rings. The third-order valence-electron chi connectivity index (χ3n) is 3.55. The highest BCUT2D eigenvalue weighted by Gasteiger charge is 2.18. The first-order valence-electron chi connectivity index (χ1n) is 7.94. The summed E-state index contributed by atoms with van der Waals surface area (Å²) in [5, 5.41) is 9.50. The van der Waals surface area contributed by atoms with Crippen LogP contribution in [0.5, 0.6) is 0 Å². The smallest absolute Gasteiger partial charge is 0.291 e. The number of carbonyl (C=O) groups excluding carboxylic acids is 3. The molecule has 0 aliphatic heterocycles. The van der Waals surface area contributed by atoms with Gasteiger partial charge in [0.15, 0.2) is 5.76 Å². The molecular weight excluding hydrogens is 385 g/mol. The Morgan fingerprint density at radius 2 is 1.89 bits per heavy atom. The number of benzene rings is 1. The summed E-state index contributed by atoms with van der Waals surface area (Å²) in [7, 11) is 0. The Kier molecular flexibility index (Phi) is 5.66. The van der Waals surface area contributed by atoms with E-state index in [4.69, 9.17) is 4.42 Å². The summed E-state index contributed by atoms with van der Waals surface area (Å²) in [5.74, 6) is -2.12. The fraction of sp³-hybridized carbons (Fsp3) is 0. The van der Waals surface area contributed by atoms with Crippen LogP contribution in [-0.4, -0.2) is 17.7 Å². The van der Waals surface area contributed by atoms with Crippen molar-refractivity contribution in [3.63, 3.8) is 0 Å². The average molecular weight is 399 g/mol. The number of halogens is 1. The standard InChI is InChI=1S/C19H14FN3O4S/c1-2-16(24)22-14-10-11(5-6-13(14)20)21-17(25)12-7-9-28-19(12)23-18(26)15-4-3-8-27-15/h2-10H,1H2,(H,21,25)(H,22,24)(H,23,26). The van der Waals surface area contributed by atoms with Gasteiger partial charge in [-0.1, -0.05) is 6.58 Å². The van der Waals surface area contributed by atoms with E-state index in [0.29, 0.717) is 5.00 Å². The van der Waals surface area contributed by atoms with Crippen molar-refractivity contribution in [3.8, 4) is 0 Å². The van der Waals surface area contributed by atoms with Crippen molar-refractivity contribution in [1.82, 2.24) is 0 Å². The monoisotopic (exact) mass is 399 g/mol. The van der Waals surface area contributed by atoms with Gasteiger partial charge in [0.25, 0.3) is 11.8 Å². The minimum atomic E-state index is -0.657. The third-order valence-corrected chi connectivity index (χ3v) is 4.38. The molecule has 3 aromatic rings. The highest BCUT2D eigenvalue weighted by molar-refractivity contribution is 7.14. The number of hydrogen-bond acceptors (Lipinski definition) is 5. The summed E-state index contributed by atoms with van der Waals surface area (Å²) in [4.78, 5) is 36.0. The molecule has 142 valence electrons. The molecule has 0 aliphatic rings. The van der Waals surface area contributed by atoms with Gasteiger partial charge in [-0.3, -0.25) is 14.4 Å². The maximum Gasteiger partial charge on any atom is 0.291 e. The van der Waals surface area contributed by atoms with E-state index in [9.17, 15) is 18.8 Å². The molecule has 0 unspecified atom stereocenters. The average Bonchev–Trinajstić information content (AvgIpc) is 3.36. The van der Waals surface area contributed by atoms with Gasteiger partial charge in [0, 0.05) is 5.69 Å². The van der Waals surface area contributed by atoms with Gasteiger partial charge in [0.05, 0.1) is 17.5 Å². The van der Waals surface area contributed by atoms with E-state index in [1.54, 1.807) is 17.5 Å². The highest BCUT2D eigenvalue weighted by Crippen LogP contribution is 2.26.